The van der Waals surface area contributed by atoms with E-state index in [2.05, 4.69) is 74.5 Å². The second kappa shape index (κ2) is 7.13. The van der Waals surface area contributed by atoms with Gasteiger partial charge in [-0.15, -0.1) is 0 Å². The normalized spacial score (nSPS) is 12.6. The average molecular weight is 252 g/mol. The van der Waals surface area contributed by atoms with Crippen LogP contribution in [0.25, 0.3) is 0 Å². The van der Waals surface area contributed by atoms with Crippen LogP contribution in [0.15, 0.2) is 60.7 Å². The summed E-state index contributed by atoms with van der Waals surface area (Å²) in [6.45, 7) is 4.62. The molecule has 100 valence electrons. The molecule has 0 fully saturated rings. The van der Waals surface area contributed by atoms with E-state index in [9.17, 15) is 0 Å². The van der Waals surface area contributed by atoms with Crippen molar-refractivity contribution in [3.05, 3.63) is 71.8 Å². The highest BCUT2D eigenvalue weighted by Crippen LogP contribution is 2.27. The first-order valence-corrected chi connectivity index (χ1v) is 7.34. The fourth-order valence-electron chi connectivity index (χ4n) is 2.54. The summed E-state index contributed by atoms with van der Waals surface area (Å²) in [5.74, 6) is 1.42. The second-order valence-electron chi connectivity index (χ2n) is 5.77. The first-order valence-electron chi connectivity index (χ1n) is 7.34. The van der Waals surface area contributed by atoms with E-state index in [0.717, 1.165) is 12.3 Å². The van der Waals surface area contributed by atoms with Crippen molar-refractivity contribution in [1.82, 2.24) is 0 Å². The zero-order valence-electron chi connectivity index (χ0n) is 12.0. The summed E-state index contributed by atoms with van der Waals surface area (Å²) < 4.78 is 0. The molecule has 2 rings (SSSR count). The van der Waals surface area contributed by atoms with Crippen molar-refractivity contribution in [2.75, 3.05) is 0 Å². The van der Waals surface area contributed by atoms with E-state index in [1.165, 1.54) is 24.0 Å². The molecule has 0 heteroatoms. The van der Waals surface area contributed by atoms with Crippen LogP contribution in [0, 0.1) is 5.92 Å². The Morgan fingerprint density at radius 1 is 0.737 bits per heavy atom. The van der Waals surface area contributed by atoms with Crippen LogP contribution < -0.4 is 0 Å². The van der Waals surface area contributed by atoms with Crippen molar-refractivity contribution in [3.8, 4) is 0 Å². The fraction of sp³-hybridized carbons (Fsp3) is 0.368. The van der Waals surface area contributed by atoms with E-state index in [-0.39, 0.29) is 0 Å². The molecule has 0 N–H and O–H groups in total. The molecule has 0 aliphatic rings. The molecule has 0 heterocycles. The summed E-state index contributed by atoms with van der Waals surface area (Å²) in [5, 5.41) is 0. The van der Waals surface area contributed by atoms with Gasteiger partial charge < -0.3 is 0 Å². The van der Waals surface area contributed by atoms with Gasteiger partial charge in [0.2, 0.25) is 0 Å². The van der Waals surface area contributed by atoms with Gasteiger partial charge in [0.15, 0.2) is 0 Å². The fourth-order valence-corrected chi connectivity index (χ4v) is 2.54. The van der Waals surface area contributed by atoms with Crippen LogP contribution >= 0.6 is 0 Å². The quantitative estimate of drug-likeness (QED) is 0.641. The lowest BCUT2D eigenvalue weighted by molar-refractivity contribution is 0.497. The highest BCUT2D eigenvalue weighted by Gasteiger charge is 2.12. The molecular weight excluding hydrogens is 228 g/mol. The smallest absolute Gasteiger partial charge is 0.0121 e. The molecule has 0 saturated heterocycles. The van der Waals surface area contributed by atoms with E-state index < -0.39 is 0 Å². The van der Waals surface area contributed by atoms with Gasteiger partial charge in [-0.1, -0.05) is 80.9 Å². The van der Waals surface area contributed by atoms with Crippen LogP contribution in [0.2, 0.25) is 0 Å². The van der Waals surface area contributed by atoms with Crippen LogP contribution in [-0.4, -0.2) is 0 Å². The maximum absolute atomic E-state index is 2.31. The number of rotatable bonds is 6. The van der Waals surface area contributed by atoms with Crippen LogP contribution in [0.4, 0.5) is 0 Å². The molecule has 0 aliphatic heterocycles. The SMILES string of the molecule is CC(C)CCC(Cc1ccccc1)c1ccccc1. The van der Waals surface area contributed by atoms with E-state index in [1.807, 2.05) is 0 Å². The van der Waals surface area contributed by atoms with Crippen LogP contribution in [-0.2, 0) is 6.42 Å². The Labute approximate surface area is 117 Å². The van der Waals surface area contributed by atoms with Gasteiger partial charge in [0.1, 0.15) is 0 Å². The second-order valence-corrected chi connectivity index (χ2v) is 5.77. The summed E-state index contributed by atoms with van der Waals surface area (Å²) in [6, 6.07) is 21.8. The molecule has 0 saturated carbocycles. The number of benzene rings is 2. The van der Waals surface area contributed by atoms with Gasteiger partial charge in [0, 0.05) is 0 Å². The average Bonchev–Trinajstić information content (AvgIpc) is 2.45. The van der Waals surface area contributed by atoms with Gasteiger partial charge in [-0.05, 0) is 35.8 Å². The molecule has 0 aliphatic carbocycles. The van der Waals surface area contributed by atoms with E-state index in [1.54, 1.807) is 0 Å². The molecule has 0 amide bonds. The summed E-state index contributed by atoms with van der Waals surface area (Å²) in [6.07, 6.45) is 3.72. The Morgan fingerprint density at radius 2 is 1.32 bits per heavy atom. The third-order valence-electron chi connectivity index (χ3n) is 3.69. The van der Waals surface area contributed by atoms with Crippen LogP contribution in [0.3, 0.4) is 0 Å². The molecule has 19 heavy (non-hydrogen) atoms. The van der Waals surface area contributed by atoms with Crippen LogP contribution in [0.5, 0.6) is 0 Å². The van der Waals surface area contributed by atoms with Gasteiger partial charge in [-0.2, -0.15) is 0 Å². The molecule has 0 nitrogen and oxygen atoms in total. The lowest BCUT2D eigenvalue weighted by atomic mass is 9.86. The monoisotopic (exact) mass is 252 g/mol. The maximum atomic E-state index is 2.31. The Bertz CT molecular complexity index is 456. The van der Waals surface area contributed by atoms with Crippen molar-refractivity contribution in [1.29, 1.82) is 0 Å². The minimum absolute atomic E-state index is 0.644. The molecule has 1 unspecified atom stereocenters. The lowest BCUT2D eigenvalue weighted by Gasteiger charge is -2.18. The molecule has 0 radical (unpaired) electrons. The zero-order valence-corrected chi connectivity index (χ0v) is 12.0. The molecule has 0 spiro atoms. The molecule has 2 aromatic carbocycles. The van der Waals surface area contributed by atoms with Crippen molar-refractivity contribution in [2.24, 2.45) is 5.92 Å². The molecule has 1 atom stereocenters. The number of hydrogen-bond donors (Lipinski definition) is 0. The Balaban J connectivity index is 2.10. The highest BCUT2D eigenvalue weighted by molar-refractivity contribution is 5.24. The first-order chi connectivity index (χ1) is 9.25. The molecule has 0 aromatic heterocycles. The third kappa shape index (κ3) is 4.55. The topological polar surface area (TPSA) is 0 Å². The molecular formula is C19H24. The van der Waals surface area contributed by atoms with Gasteiger partial charge in [-0.25, -0.2) is 0 Å². The third-order valence-corrected chi connectivity index (χ3v) is 3.69. The summed E-state index contributed by atoms with van der Waals surface area (Å²) in [7, 11) is 0. The predicted octanol–water partition coefficient (Wildman–Crippen LogP) is 5.45. The number of hydrogen-bond acceptors (Lipinski definition) is 0. The lowest BCUT2D eigenvalue weighted by Crippen LogP contribution is -2.05. The van der Waals surface area contributed by atoms with Gasteiger partial charge >= 0.3 is 0 Å². The predicted molar refractivity (Wildman–Crippen MR) is 83.4 cm³/mol. The van der Waals surface area contributed by atoms with E-state index in [0.29, 0.717) is 5.92 Å². The standard InChI is InChI=1S/C19H24/c1-16(2)13-14-19(18-11-7-4-8-12-18)15-17-9-5-3-6-10-17/h3-12,16,19H,13-15H2,1-2H3. The van der Waals surface area contributed by atoms with Crippen molar-refractivity contribution in [2.45, 2.75) is 39.0 Å². The Hall–Kier alpha value is -1.56. The maximum Gasteiger partial charge on any atom is -0.0121 e. The van der Waals surface area contributed by atoms with Crippen LogP contribution in [0.1, 0.15) is 43.7 Å². The van der Waals surface area contributed by atoms with E-state index in [4.69, 9.17) is 0 Å². The van der Waals surface area contributed by atoms with Gasteiger partial charge in [-0.3, -0.25) is 0 Å². The molecule has 0 bridgehead atoms. The zero-order chi connectivity index (χ0) is 13.5. The molecule has 2 aromatic rings. The van der Waals surface area contributed by atoms with Gasteiger partial charge in [0.05, 0.1) is 0 Å². The van der Waals surface area contributed by atoms with Gasteiger partial charge in [0.25, 0.3) is 0 Å². The van der Waals surface area contributed by atoms with E-state index >= 15 is 0 Å². The summed E-state index contributed by atoms with van der Waals surface area (Å²) in [5.41, 5.74) is 2.92. The largest absolute Gasteiger partial charge is 0.0628 e. The van der Waals surface area contributed by atoms with Crippen molar-refractivity contribution < 1.29 is 0 Å². The minimum Gasteiger partial charge on any atom is -0.0628 e. The highest BCUT2D eigenvalue weighted by atomic mass is 14.2. The summed E-state index contributed by atoms with van der Waals surface area (Å²) in [4.78, 5) is 0. The van der Waals surface area contributed by atoms with Crippen molar-refractivity contribution >= 4 is 0 Å². The minimum atomic E-state index is 0.644. The van der Waals surface area contributed by atoms with Crippen molar-refractivity contribution in [3.63, 3.8) is 0 Å². The summed E-state index contributed by atoms with van der Waals surface area (Å²) >= 11 is 0. The Kier molecular flexibility index (Phi) is 5.20. The Morgan fingerprint density at radius 3 is 1.89 bits per heavy atom. The first kappa shape index (κ1) is 13.9.